The van der Waals surface area contributed by atoms with Gasteiger partial charge in [0.05, 0.1) is 11.5 Å². The van der Waals surface area contributed by atoms with E-state index in [2.05, 4.69) is 5.32 Å². The molecule has 1 aliphatic rings. The molecule has 1 aliphatic heterocycles. The third-order valence-corrected chi connectivity index (χ3v) is 7.97. The number of alkyl halides is 3. The highest BCUT2D eigenvalue weighted by Gasteiger charge is 2.33. The first kappa shape index (κ1) is 23.2. The Morgan fingerprint density at radius 1 is 1.16 bits per heavy atom. The lowest BCUT2D eigenvalue weighted by Crippen LogP contribution is -2.40. The Morgan fingerprint density at radius 2 is 1.87 bits per heavy atom. The van der Waals surface area contributed by atoms with E-state index in [0.29, 0.717) is 0 Å². The fraction of sp³-hybridized carbons (Fsp3) is 0.368. The van der Waals surface area contributed by atoms with Gasteiger partial charge in [-0.2, -0.15) is 17.5 Å². The second-order valence-corrected chi connectivity index (χ2v) is 9.96. The normalized spacial score (nSPS) is 16.1. The molecule has 0 atom stereocenters. The number of thiophene rings is 1. The average molecular weight is 476 g/mol. The third kappa shape index (κ3) is 5.83. The molecule has 2 aromatic rings. The highest BCUT2D eigenvalue weighted by molar-refractivity contribution is 7.91. The van der Waals surface area contributed by atoms with Crippen LogP contribution in [0.15, 0.2) is 46.0 Å². The summed E-state index contributed by atoms with van der Waals surface area (Å²) in [6.45, 7) is -0.352. The monoisotopic (exact) mass is 476 g/mol. The lowest BCUT2D eigenvalue weighted by Gasteiger charge is -2.29. The molecule has 3 rings (SSSR count). The summed E-state index contributed by atoms with van der Waals surface area (Å²) in [6.07, 6.45) is -4.05. The lowest BCUT2D eigenvalue weighted by atomic mass is 9.98. The van der Waals surface area contributed by atoms with E-state index in [1.807, 2.05) is 0 Å². The summed E-state index contributed by atoms with van der Waals surface area (Å²) in [7, 11) is -3.59. The number of nitrogens with zero attached hydrogens (tertiary/aromatic N) is 1. The van der Waals surface area contributed by atoms with E-state index in [1.54, 1.807) is 11.4 Å². The van der Waals surface area contributed by atoms with Crippen molar-refractivity contribution in [1.29, 1.82) is 0 Å². The molecule has 31 heavy (non-hydrogen) atoms. The first-order chi connectivity index (χ1) is 14.6. The molecule has 2 heterocycles. The van der Waals surface area contributed by atoms with Crippen LogP contribution in [0.3, 0.4) is 0 Å². The predicted octanol–water partition coefficient (Wildman–Crippen LogP) is 3.35. The van der Waals surface area contributed by atoms with Crippen LogP contribution < -0.4 is 5.32 Å². The smallest absolute Gasteiger partial charge is 0.416 e. The van der Waals surface area contributed by atoms with E-state index in [-0.39, 0.29) is 35.8 Å². The van der Waals surface area contributed by atoms with E-state index in [4.69, 9.17) is 4.74 Å². The van der Waals surface area contributed by atoms with Crippen molar-refractivity contribution < 1.29 is 35.9 Å². The van der Waals surface area contributed by atoms with Crippen LogP contribution in [0.4, 0.5) is 18.9 Å². The summed E-state index contributed by atoms with van der Waals surface area (Å²) in [5.41, 5.74) is -0.977. The van der Waals surface area contributed by atoms with Gasteiger partial charge in [-0.25, -0.2) is 8.42 Å². The number of ether oxygens (including phenoxy) is 1. The van der Waals surface area contributed by atoms with Gasteiger partial charge in [0.2, 0.25) is 0 Å². The molecular weight excluding hydrogens is 457 g/mol. The maximum atomic E-state index is 12.7. The molecular formula is C19H19F3N2O5S2. The average Bonchev–Trinajstić information content (AvgIpc) is 3.27. The number of esters is 1. The van der Waals surface area contributed by atoms with E-state index >= 15 is 0 Å². The Morgan fingerprint density at radius 3 is 2.48 bits per heavy atom. The van der Waals surface area contributed by atoms with Crippen LogP contribution in [0.1, 0.15) is 18.4 Å². The van der Waals surface area contributed by atoms with Gasteiger partial charge in [-0.1, -0.05) is 12.1 Å². The number of hydrogen-bond donors (Lipinski definition) is 1. The molecule has 1 aromatic carbocycles. The fourth-order valence-corrected chi connectivity index (χ4v) is 5.71. The molecule has 1 N–H and O–H groups in total. The van der Waals surface area contributed by atoms with Gasteiger partial charge >= 0.3 is 12.1 Å². The Labute approximate surface area is 180 Å². The van der Waals surface area contributed by atoms with Crippen LogP contribution in [0, 0.1) is 5.92 Å². The summed E-state index contributed by atoms with van der Waals surface area (Å²) >= 11 is 1.12. The topological polar surface area (TPSA) is 92.8 Å². The van der Waals surface area contributed by atoms with Crippen molar-refractivity contribution in [3.8, 4) is 0 Å². The van der Waals surface area contributed by atoms with Gasteiger partial charge in [-0.15, -0.1) is 11.3 Å². The number of carbonyl (C=O) groups excluding carboxylic acids is 2. The molecule has 7 nitrogen and oxygen atoms in total. The molecule has 1 fully saturated rings. The molecule has 168 valence electrons. The first-order valence-corrected chi connectivity index (χ1v) is 11.6. The fourth-order valence-electron chi connectivity index (χ4n) is 3.09. The minimum absolute atomic E-state index is 0.0667. The molecule has 0 spiro atoms. The number of piperidine rings is 1. The maximum Gasteiger partial charge on any atom is 0.416 e. The van der Waals surface area contributed by atoms with Crippen LogP contribution in [-0.4, -0.2) is 44.3 Å². The largest absolute Gasteiger partial charge is 0.455 e. The zero-order valence-electron chi connectivity index (χ0n) is 16.1. The number of rotatable bonds is 6. The second kappa shape index (κ2) is 9.37. The van der Waals surface area contributed by atoms with E-state index in [0.717, 1.165) is 29.5 Å². The number of anilines is 1. The Kier molecular flexibility index (Phi) is 7.02. The number of amides is 1. The SMILES string of the molecule is O=C(COC(=O)C1CCN(S(=O)(=O)c2cccs2)CC1)Nc1cccc(C(F)(F)F)c1. The van der Waals surface area contributed by atoms with Gasteiger partial charge in [0.25, 0.3) is 15.9 Å². The number of hydrogen-bond acceptors (Lipinski definition) is 6. The quantitative estimate of drug-likeness (QED) is 0.646. The maximum absolute atomic E-state index is 12.7. The zero-order valence-corrected chi connectivity index (χ0v) is 17.7. The van der Waals surface area contributed by atoms with Crippen molar-refractivity contribution in [2.45, 2.75) is 23.2 Å². The minimum atomic E-state index is -4.54. The number of carbonyl (C=O) groups is 2. The van der Waals surface area contributed by atoms with Gasteiger partial charge in [-0.3, -0.25) is 9.59 Å². The third-order valence-electron chi connectivity index (χ3n) is 4.70. The summed E-state index contributed by atoms with van der Waals surface area (Å²) in [6, 6.07) is 7.26. The van der Waals surface area contributed by atoms with Crippen LogP contribution in [0.2, 0.25) is 0 Å². The van der Waals surface area contributed by atoms with E-state index < -0.39 is 46.2 Å². The van der Waals surface area contributed by atoms with Crippen LogP contribution in [0.25, 0.3) is 0 Å². The number of sulfonamides is 1. The Hall–Kier alpha value is -2.44. The highest BCUT2D eigenvalue weighted by atomic mass is 32.2. The molecule has 12 heteroatoms. The molecule has 0 saturated carbocycles. The molecule has 1 aromatic heterocycles. The first-order valence-electron chi connectivity index (χ1n) is 9.25. The molecule has 0 bridgehead atoms. The van der Waals surface area contributed by atoms with Crippen molar-refractivity contribution in [3.63, 3.8) is 0 Å². The van der Waals surface area contributed by atoms with Crippen molar-refractivity contribution >= 4 is 38.9 Å². The zero-order chi connectivity index (χ0) is 22.6. The number of benzene rings is 1. The summed E-state index contributed by atoms with van der Waals surface area (Å²) in [5, 5.41) is 3.92. The summed E-state index contributed by atoms with van der Waals surface area (Å²) in [4.78, 5) is 24.1. The van der Waals surface area contributed by atoms with E-state index in [9.17, 15) is 31.2 Å². The molecule has 1 amide bonds. The van der Waals surface area contributed by atoms with Crippen molar-refractivity contribution in [2.24, 2.45) is 5.92 Å². The van der Waals surface area contributed by atoms with Crippen molar-refractivity contribution in [3.05, 3.63) is 47.3 Å². The van der Waals surface area contributed by atoms with Crippen LogP contribution in [-0.2, 0) is 30.5 Å². The van der Waals surface area contributed by atoms with Crippen LogP contribution >= 0.6 is 11.3 Å². The summed E-state index contributed by atoms with van der Waals surface area (Å²) < 4.78 is 69.7. The van der Waals surface area contributed by atoms with Crippen LogP contribution in [0.5, 0.6) is 0 Å². The van der Waals surface area contributed by atoms with Crippen molar-refractivity contribution in [2.75, 3.05) is 25.0 Å². The Balaban J connectivity index is 1.47. The van der Waals surface area contributed by atoms with Gasteiger partial charge in [0.15, 0.2) is 6.61 Å². The predicted molar refractivity (Wildman–Crippen MR) is 107 cm³/mol. The highest BCUT2D eigenvalue weighted by Crippen LogP contribution is 2.30. The molecule has 0 radical (unpaired) electrons. The van der Waals surface area contributed by atoms with Gasteiger partial charge in [0, 0.05) is 18.8 Å². The van der Waals surface area contributed by atoms with Gasteiger partial charge < -0.3 is 10.1 Å². The molecule has 0 unspecified atom stereocenters. The summed E-state index contributed by atoms with van der Waals surface area (Å²) in [5.74, 6) is -1.98. The second-order valence-electron chi connectivity index (χ2n) is 6.84. The lowest BCUT2D eigenvalue weighted by molar-refractivity contribution is -0.152. The molecule has 1 saturated heterocycles. The number of halogens is 3. The Bertz CT molecular complexity index is 1030. The van der Waals surface area contributed by atoms with Gasteiger partial charge in [-0.05, 0) is 42.5 Å². The standard InChI is InChI=1S/C19H19F3N2O5S2/c20-19(21,22)14-3-1-4-15(11-14)23-16(25)12-29-18(26)13-6-8-24(9-7-13)31(27,28)17-5-2-10-30-17/h1-5,10-11,13H,6-9,12H2,(H,23,25). The number of nitrogens with one attached hydrogen (secondary N) is 1. The van der Waals surface area contributed by atoms with Gasteiger partial charge in [0.1, 0.15) is 4.21 Å². The molecule has 0 aliphatic carbocycles. The minimum Gasteiger partial charge on any atom is -0.455 e. The van der Waals surface area contributed by atoms with Crippen molar-refractivity contribution in [1.82, 2.24) is 4.31 Å². The van der Waals surface area contributed by atoms with E-state index in [1.165, 1.54) is 16.4 Å².